The third-order valence-corrected chi connectivity index (χ3v) is 7.36. The van der Waals surface area contributed by atoms with Crippen molar-refractivity contribution >= 4 is 11.9 Å². The number of carboxylic acid groups (broad SMARTS) is 1. The Bertz CT molecular complexity index is 649. The molecule has 0 aromatic carbocycles. The summed E-state index contributed by atoms with van der Waals surface area (Å²) < 4.78 is 5.83. The van der Waals surface area contributed by atoms with E-state index in [1.54, 1.807) is 0 Å². The number of ether oxygens (including phenoxy) is 1. The molecule has 1 unspecified atom stereocenters. The number of carboxylic acids is 1. The first-order valence-electron chi connectivity index (χ1n) is 17.0. The van der Waals surface area contributed by atoms with Crippen molar-refractivity contribution in [3.8, 4) is 0 Å². The van der Waals surface area contributed by atoms with Gasteiger partial charge in [0.1, 0.15) is 6.10 Å². The molecule has 0 aliphatic heterocycles. The minimum atomic E-state index is -0.682. The van der Waals surface area contributed by atoms with Crippen molar-refractivity contribution in [2.75, 3.05) is 0 Å². The molecule has 232 valence electrons. The summed E-state index contributed by atoms with van der Waals surface area (Å²) in [6.45, 7) is 4.33. The second kappa shape index (κ2) is 31.7. The van der Waals surface area contributed by atoms with Gasteiger partial charge in [0, 0.05) is 12.8 Å². The first-order valence-corrected chi connectivity index (χ1v) is 17.0. The molecule has 0 spiro atoms. The summed E-state index contributed by atoms with van der Waals surface area (Å²) in [5.41, 5.74) is 0. The van der Waals surface area contributed by atoms with Crippen molar-refractivity contribution in [1.29, 1.82) is 0 Å². The Balaban J connectivity index is 3.60. The van der Waals surface area contributed by atoms with E-state index in [-0.39, 0.29) is 12.1 Å². The van der Waals surface area contributed by atoms with Crippen molar-refractivity contribution in [1.82, 2.24) is 0 Å². The molecule has 0 saturated heterocycles. The number of carbonyl (C=O) groups excluding carboxylic acids is 1. The van der Waals surface area contributed by atoms with Crippen LogP contribution in [-0.2, 0) is 14.3 Å². The Kier molecular flexibility index (Phi) is 30.2. The molecule has 4 nitrogen and oxygen atoms in total. The van der Waals surface area contributed by atoms with Crippen molar-refractivity contribution in [3.63, 3.8) is 0 Å². The Morgan fingerprint density at radius 1 is 0.575 bits per heavy atom. The van der Waals surface area contributed by atoms with Crippen LogP contribution in [0, 0.1) is 0 Å². The summed E-state index contributed by atoms with van der Waals surface area (Å²) in [7, 11) is 0. The number of carbonyl (C=O) groups is 2. The molecule has 0 bridgehead atoms. The third kappa shape index (κ3) is 30.7. The standard InChI is InChI=1S/C36H64O4/c1-3-5-6-7-8-9-10-11-12-13-14-15-16-20-23-26-29-33-36(39)40-34(30-4-2)31-27-24-21-18-17-19-22-25-28-32-35(37)38/h5-6,8-9,11-12,34H,3-4,7,10,13-33H2,1-2H3,(H,37,38)/b6-5-,9-8-,12-11-. The number of hydrogen-bond donors (Lipinski definition) is 1. The van der Waals surface area contributed by atoms with Gasteiger partial charge in [0.2, 0.25) is 0 Å². The monoisotopic (exact) mass is 560 g/mol. The molecular formula is C36H64O4. The van der Waals surface area contributed by atoms with Gasteiger partial charge in [0.15, 0.2) is 0 Å². The average molecular weight is 561 g/mol. The highest BCUT2D eigenvalue weighted by Crippen LogP contribution is 2.17. The van der Waals surface area contributed by atoms with Gasteiger partial charge in [-0.05, 0) is 64.2 Å². The predicted molar refractivity (Wildman–Crippen MR) is 172 cm³/mol. The van der Waals surface area contributed by atoms with Gasteiger partial charge in [-0.1, -0.05) is 134 Å². The van der Waals surface area contributed by atoms with Gasteiger partial charge < -0.3 is 9.84 Å². The highest BCUT2D eigenvalue weighted by molar-refractivity contribution is 5.69. The molecule has 0 amide bonds. The van der Waals surface area contributed by atoms with Crippen LogP contribution in [-0.4, -0.2) is 23.1 Å². The van der Waals surface area contributed by atoms with Gasteiger partial charge in [-0.3, -0.25) is 9.59 Å². The largest absolute Gasteiger partial charge is 0.481 e. The molecule has 0 aromatic rings. The minimum absolute atomic E-state index is 0.000374. The van der Waals surface area contributed by atoms with Crippen LogP contribution in [0.5, 0.6) is 0 Å². The molecule has 0 saturated carbocycles. The van der Waals surface area contributed by atoms with Crippen LogP contribution in [0.15, 0.2) is 36.5 Å². The van der Waals surface area contributed by atoms with E-state index < -0.39 is 5.97 Å². The fourth-order valence-corrected chi connectivity index (χ4v) is 4.96. The highest BCUT2D eigenvalue weighted by atomic mass is 16.5. The topological polar surface area (TPSA) is 63.6 Å². The quantitative estimate of drug-likeness (QED) is 0.0539. The minimum Gasteiger partial charge on any atom is -0.481 e. The van der Waals surface area contributed by atoms with Crippen molar-refractivity contribution < 1.29 is 19.4 Å². The number of hydrogen-bond acceptors (Lipinski definition) is 3. The zero-order valence-electron chi connectivity index (χ0n) is 26.4. The summed E-state index contributed by atoms with van der Waals surface area (Å²) in [4.78, 5) is 22.9. The molecule has 0 aliphatic carbocycles. The van der Waals surface area contributed by atoms with Crippen molar-refractivity contribution in [2.24, 2.45) is 0 Å². The lowest BCUT2D eigenvalue weighted by molar-refractivity contribution is -0.150. The molecular weight excluding hydrogens is 496 g/mol. The molecule has 0 rings (SSSR count). The normalized spacial score (nSPS) is 12.7. The molecule has 40 heavy (non-hydrogen) atoms. The van der Waals surface area contributed by atoms with E-state index in [0.717, 1.165) is 77.0 Å². The highest BCUT2D eigenvalue weighted by Gasteiger charge is 2.13. The first-order chi connectivity index (χ1) is 19.6. The van der Waals surface area contributed by atoms with Crippen LogP contribution in [0.4, 0.5) is 0 Å². The second-order valence-electron chi connectivity index (χ2n) is 11.3. The van der Waals surface area contributed by atoms with Crippen LogP contribution in [0.3, 0.4) is 0 Å². The van der Waals surface area contributed by atoms with Crippen LogP contribution < -0.4 is 0 Å². The molecule has 0 fully saturated rings. The first kappa shape index (κ1) is 38.2. The van der Waals surface area contributed by atoms with E-state index >= 15 is 0 Å². The molecule has 0 heterocycles. The van der Waals surface area contributed by atoms with Gasteiger partial charge in [0.05, 0.1) is 0 Å². The van der Waals surface area contributed by atoms with E-state index in [2.05, 4.69) is 50.3 Å². The van der Waals surface area contributed by atoms with E-state index in [1.165, 1.54) is 70.6 Å². The SMILES string of the molecule is CC/C=C\C/C=C\C/C=C\CCCCCCCCCC(=O)OC(CCC)CCCCCCCCCCCC(=O)O. The Hall–Kier alpha value is -1.84. The number of esters is 1. The summed E-state index contributed by atoms with van der Waals surface area (Å²) >= 11 is 0. The molecule has 0 radical (unpaired) electrons. The van der Waals surface area contributed by atoms with Crippen LogP contribution in [0.1, 0.15) is 174 Å². The van der Waals surface area contributed by atoms with Crippen molar-refractivity contribution in [2.45, 2.75) is 180 Å². The maximum absolute atomic E-state index is 12.3. The third-order valence-electron chi connectivity index (χ3n) is 7.36. The van der Waals surface area contributed by atoms with Gasteiger partial charge in [-0.2, -0.15) is 0 Å². The zero-order valence-corrected chi connectivity index (χ0v) is 26.4. The van der Waals surface area contributed by atoms with Crippen LogP contribution in [0.2, 0.25) is 0 Å². The van der Waals surface area contributed by atoms with Gasteiger partial charge in [-0.25, -0.2) is 0 Å². The van der Waals surface area contributed by atoms with E-state index in [1.807, 2.05) is 0 Å². The fourth-order valence-electron chi connectivity index (χ4n) is 4.96. The van der Waals surface area contributed by atoms with Crippen LogP contribution in [0.25, 0.3) is 0 Å². The molecule has 0 aliphatic rings. The maximum Gasteiger partial charge on any atom is 0.306 e. The number of allylic oxidation sites excluding steroid dienone is 6. The Morgan fingerprint density at radius 2 is 1.05 bits per heavy atom. The Labute approximate surface area is 248 Å². The number of unbranched alkanes of at least 4 members (excludes halogenated alkanes) is 15. The zero-order chi connectivity index (χ0) is 29.4. The summed E-state index contributed by atoms with van der Waals surface area (Å²) in [5, 5.41) is 8.66. The Morgan fingerprint density at radius 3 is 1.60 bits per heavy atom. The van der Waals surface area contributed by atoms with E-state index in [4.69, 9.17) is 9.84 Å². The molecule has 1 N–H and O–H groups in total. The predicted octanol–water partition coefficient (Wildman–Crippen LogP) is 11.4. The van der Waals surface area contributed by atoms with Crippen LogP contribution >= 0.6 is 0 Å². The molecule has 4 heteroatoms. The van der Waals surface area contributed by atoms with Crippen molar-refractivity contribution in [3.05, 3.63) is 36.5 Å². The van der Waals surface area contributed by atoms with Gasteiger partial charge in [0.25, 0.3) is 0 Å². The molecule has 0 aromatic heterocycles. The smallest absolute Gasteiger partial charge is 0.306 e. The van der Waals surface area contributed by atoms with Gasteiger partial charge >= 0.3 is 11.9 Å². The fraction of sp³-hybridized carbons (Fsp3) is 0.778. The van der Waals surface area contributed by atoms with Gasteiger partial charge in [-0.15, -0.1) is 0 Å². The number of aliphatic carboxylic acids is 1. The summed E-state index contributed by atoms with van der Waals surface area (Å²) in [6.07, 6.45) is 40.7. The summed E-state index contributed by atoms with van der Waals surface area (Å²) in [6, 6.07) is 0. The average Bonchev–Trinajstić information content (AvgIpc) is 2.93. The van der Waals surface area contributed by atoms with E-state index in [0.29, 0.717) is 12.8 Å². The number of rotatable bonds is 30. The lowest BCUT2D eigenvalue weighted by atomic mass is 10.0. The summed E-state index contributed by atoms with van der Waals surface area (Å²) in [5.74, 6) is -0.682. The lowest BCUT2D eigenvalue weighted by Gasteiger charge is -2.17. The second-order valence-corrected chi connectivity index (χ2v) is 11.3. The maximum atomic E-state index is 12.3. The molecule has 1 atom stereocenters. The van der Waals surface area contributed by atoms with E-state index in [9.17, 15) is 9.59 Å². The lowest BCUT2D eigenvalue weighted by Crippen LogP contribution is -2.18.